The number of carbonyl (C=O) groups is 1. The molecular formula is C13H18ClFN2O2S. The lowest BCUT2D eigenvalue weighted by atomic mass is 10.2. The third-order valence-corrected chi connectivity index (χ3v) is 4.13. The number of urea groups is 1. The molecule has 0 fully saturated rings. The van der Waals surface area contributed by atoms with Crippen LogP contribution in [-0.2, 0) is 10.1 Å². The number of hydrogen-bond donors (Lipinski definition) is 0. The number of halogens is 2. The number of nitrogens with zero attached hydrogens (tertiary/aromatic N) is 2. The van der Waals surface area contributed by atoms with E-state index in [0.717, 1.165) is 0 Å². The van der Waals surface area contributed by atoms with Gasteiger partial charge in [-0.2, -0.15) is 0 Å². The minimum atomic E-state index is -4.26. The maximum atomic E-state index is 14.2. The van der Waals surface area contributed by atoms with Crippen molar-refractivity contribution in [2.24, 2.45) is 4.36 Å². The van der Waals surface area contributed by atoms with E-state index in [1.165, 1.54) is 29.2 Å². The van der Waals surface area contributed by atoms with Crippen LogP contribution in [0.1, 0.15) is 27.7 Å². The molecular weight excluding hydrogens is 303 g/mol. The SMILES string of the molecule is CC(C)N(C(=O)N=[S@@](=O)(F)c1ccc(Cl)cc1)C(C)C. The molecule has 0 bridgehead atoms. The van der Waals surface area contributed by atoms with Crippen molar-refractivity contribution in [2.75, 3.05) is 0 Å². The Balaban J connectivity index is 3.16. The van der Waals surface area contributed by atoms with Gasteiger partial charge in [0.2, 0.25) is 10.1 Å². The number of amides is 2. The van der Waals surface area contributed by atoms with Crippen molar-refractivity contribution < 1.29 is 12.9 Å². The molecule has 0 saturated heterocycles. The number of benzene rings is 1. The lowest BCUT2D eigenvalue weighted by Crippen LogP contribution is -2.40. The third-order valence-electron chi connectivity index (χ3n) is 2.63. The highest BCUT2D eigenvalue weighted by Crippen LogP contribution is 2.20. The largest absolute Gasteiger partial charge is 0.354 e. The van der Waals surface area contributed by atoms with Crippen LogP contribution in [0, 0.1) is 0 Å². The van der Waals surface area contributed by atoms with Crippen LogP contribution >= 0.6 is 11.6 Å². The molecule has 0 saturated carbocycles. The van der Waals surface area contributed by atoms with E-state index in [1.54, 1.807) is 27.7 Å². The van der Waals surface area contributed by atoms with Gasteiger partial charge in [0, 0.05) is 17.1 Å². The van der Waals surface area contributed by atoms with Crippen LogP contribution in [0.25, 0.3) is 0 Å². The van der Waals surface area contributed by atoms with Crippen molar-refractivity contribution in [2.45, 2.75) is 44.7 Å². The number of carbonyl (C=O) groups excluding carboxylic acids is 1. The summed E-state index contributed by atoms with van der Waals surface area (Å²) in [7, 11) is -4.26. The zero-order chi connectivity index (χ0) is 15.5. The second-order valence-electron chi connectivity index (χ2n) is 4.88. The van der Waals surface area contributed by atoms with Crippen LogP contribution in [0.3, 0.4) is 0 Å². The molecule has 0 aliphatic carbocycles. The van der Waals surface area contributed by atoms with Crippen LogP contribution in [0.2, 0.25) is 5.02 Å². The topological polar surface area (TPSA) is 49.7 Å². The summed E-state index contributed by atoms with van der Waals surface area (Å²) in [6.07, 6.45) is 0. The Morgan fingerprint density at radius 1 is 1.20 bits per heavy atom. The maximum Gasteiger partial charge on any atom is 0.354 e. The molecule has 112 valence electrons. The molecule has 7 heteroatoms. The molecule has 1 atom stereocenters. The molecule has 1 rings (SSSR count). The average molecular weight is 321 g/mol. The first-order valence-corrected chi connectivity index (χ1v) is 7.99. The Kier molecular flexibility index (Phi) is 5.53. The second kappa shape index (κ2) is 6.54. The first-order chi connectivity index (χ1) is 9.15. The molecule has 0 radical (unpaired) electrons. The minimum absolute atomic E-state index is 0.160. The van der Waals surface area contributed by atoms with Crippen LogP contribution in [0.15, 0.2) is 33.5 Å². The monoisotopic (exact) mass is 320 g/mol. The molecule has 0 N–H and O–H groups in total. The summed E-state index contributed by atoms with van der Waals surface area (Å²) in [5.41, 5.74) is 0. The lowest BCUT2D eigenvalue weighted by Gasteiger charge is -2.28. The van der Waals surface area contributed by atoms with E-state index in [-0.39, 0.29) is 17.0 Å². The Hall–Kier alpha value is -1.14. The second-order valence-corrected chi connectivity index (χ2v) is 6.89. The van der Waals surface area contributed by atoms with E-state index < -0.39 is 16.1 Å². The summed E-state index contributed by atoms with van der Waals surface area (Å²) in [5.74, 6) is 0. The van der Waals surface area contributed by atoms with Gasteiger partial charge in [0.15, 0.2) is 0 Å². The predicted octanol–water partition coefficient (Wildman–Crippen LogP) is 4.29. The van der Waals surface area contributed by atoms with Crippen LogP contribution in [0.4, 0.5) is 8.68 Å². The van der Waals surface area contributed by atoms with Crippen molar-refractivity contribution in [3.05, 3.63) is 29.3 Å². The van der Waals surface area contributed by atoms with Crippen molar-refractivity contribution in [3.63, 3.8) is 0 Å². The van der Waals surface area contributed by atoms with Gasteiger partial charge in [-0.3, -0.25) is 0 Å². The summed E-state index contributed by atoms with van der Waals surface area (Å²) < 4.78 is 29.4. The molecule has 4 nitrogen and oxygen atoms in total. The first kappa shape index (κ1) is 16.9. The highest BCUT2D eigenvalue weighted by molar-refractivity contribution is 7.89. The van der Waals surface area contributed by atoms with Crippen LogP contribution in [0.5, 0.6) is 0 Å². The summed E-state index contributed by atoms with van der Waals surface area (Å²) in [5, 5.41) is 0.390. The van der Waals surface area contributed by atoms with E-state index in [4.69, 9.17) is 11.6 Å². The quantitative estimate of drug-likeness (QED) is 0.780. The van der Waals surface area contributed by atoms with Crippen molar-refractivity contribution >= 4 is 27.7 Å². The number of rotatable bonds is 3. The predicted molar refractivity (Wildman–Crippen MR) is 78.9 cm³/mol. The molecule has 0 aromatic heterocycles. The van der Waals surface area contributed by atoms with Crippen LogP contribution in [-0.4, -0.2) is 27.2 Å². The normalized spacial score (nSPS) is 14.2. The molecule has 0 aliphatic heterocycles. The van der Waals surface area contributed by atoms with Gasteiger partial charge < -0.3 is 4.90 Å². The Morgan fingerprint density at radius 2 is 1.65 bits per heavy atom. The van der Waals surface area contributed by atoms with Gasteiger partial charge in [-0.15, -0.1) is 8.25 Å². The van der Waals surface area contributed by atoms with E-state index in [1.807, 2.05) is 0 Å². The minimum Gasteiger partial charge on any atom is -0.317 e. The summed E-state index contributed by atoms with van der Waals surface area (Å²) in [6.45, 7) is 7.15. The average Bonchev–Trinajstić information content (AvgIpc) is 2.27. The molecule has 0 heterocycles. The van der Waals surface area contributed by atoms with Crippen LogP contribution < -0.4 is 0 Å². The Bertz CT molecular complexity index is 585. The van der Waals surface area contributed by atoms with E-state index in [2.05, 4.69) is 4.36 Å². The van der Waals surface area contributed by atoms with Gasteiger partial charge in [0.25, 0.3) is 0 Å². The summed E-state index contributed by atoms with van der Waals surface area (Å²) >= 11 is 5.68. The smallest absolute Gasteiger partial charge is 0.317 e. The molecule has 0 aliphatic rings. The summed E-state index contributed by atoms with van der Waals surface area (Å²) in [4.78, 5) is 13.2. The summed E-state index contributed by atoms with van der Waals surface area (Å²) in [6, 6.07) is 4.18. The lowest BCUT2D eigenvalue weighted by molar-refractivity contribution is 0.175. The van der Waals surface area contributed by atoms with Gasteiger partial charge in [-0.25, -0.2) is 9.00 Å². The third kappa shape index (κ3) is 4.18. The maximum absolute atomic E-state index is 14.2. The molecule has 20 heavy (non-hydrogen) atoms. The molecule has 0 spiro atoms. The fraction of sp³-hybridized carbons (Fsp3) is 0.462. The Labute approximate surface area is 124 Å². The van der Waals surface area contributed by atoms with E-state index >= 15 is 0 Å². The van der Waals surface area contributed by atoms with Gasteiger partial charge in [-0.05, 0) is 52.0 Å². The van der Waals surface area contributed by atoms with E-state index in [0.29, 0.717) is 5.02 Å². The van der Waals surface area contributed by atoms with Gasteiger partial charge in [0.05, 0.1) is 4.90 Å². The molecule has 1 aromatic rings. The molecule has 0 unspecified atom stereocenters. The highest BCUT2D eigenvalue weighted by Gasteiger charge is 2.23. The fourth-order valence-corrected chi connectivity index (χ4v) is 2.84. The molecule has 2 amide bonds. The number of hydrogen-bond acceptors (Lipinski definition) is 2. The molecule has 1 aromatic carbocycles. The van der Waals surface area contributed by atoms with Gasteiger partial charge in [-0.1, -0.05) is 11.6 Å². The highest BCUT2D eigenvalue weighted by atomic mass is 35.5. The zero-order valence-electron chi connectivity index (χ0n) is 11.8. The zero-order valence-corrected chi connectivity index (χ0v) is 13.4. The van der Waals surface area contributed by atoms with Crippen molar-refractivity contribution in [1.82, 2.24) is 4.90 Å². The van der Waals surface area contributed by atoms with E-state index in [9.17, 15) is 12.9 Å². The fourth-order valence-electron chi connectivity index (χ4n) is 1.84. The van der Waals surface area contributed by atoms with Gasteiger partial charge >= 0.3 is 6.03 Å². The van der Waals surface area contributed by atoms with Crippen molar-refractivity contribution in [1.29, 1.82) is 0 Å². The van der Waals surface area contributed by atoms with Gasteiger partial charge in [0.1, 0.15) is 0 Å². The Morgan fingerprint density at radius 3 is 2.05 bits per heavy atom. The first-order valence-electron chi connectivity index (χ1n) is 6.20. The van der Waals surface area contributed by atoms with Crippen molar-refractivity contribution in [3.8, 4) is 0 Å². The standard InChI is InChI=1S/C13H18ClFN2O2S/c1-9(2)17(10(3)4)13(18)16-20(15,19)12-7-5-11(14)6-8-12/h5-10H,1-4H3/t20-/m0/s1.